The van der Waals surface area contributed by atoms with Gasteiger partial charge in [-0.15, -0.1) is 0 Å². The maximum Gasteiger partial charge on any atom is 0.0179 e. The molecular weight excluding hydrogens is 348 g/mol. The molecule has 0 unspecified atom stereocenters. The summed E-state index contributed by atoms with van der Waals surface area (Å²) in [6, 6.07) is 37.3. The maximum atomic E-state index is 2.41. The Hall–Kier alpha value is -3.12. The first-order valence-electron chi connectivity index (χ1n) is 10.8. The molecule has 4 aliphatic rings. The fourth-order valence-corrected chi connectivity index (χ4v) is 7.97. The SMILES string of the molecule is c1ccc2c(c1)C1c3ccccc3C3c4ccccc4C4c5ccccc5C2C134. The molecule has 0 amide bonds. The van der Waals surface area contributed by atoms with Crippen LogP contribution >= 0.6 is 0 Å². The third kappa shape index (κ3) is 1.39. The monoisotopic (exact) mass is 368 g/mol. The largest absolute Gasteiger partial charge is 0.0620 e. The van der Waals surface area contributed by atoms with Crippen molar-refractivity contribution in [3.63, 3.8) is 0 Å². The molecule has 0 radical (unpaired) electrons. The second-order valence-electron chi connectivity index (χ2n) is 9.25. The van der Waals surface area contributed by atoms with Crippen LogP contribution in [0.15, 0.2) is 97.1 Å². The van der Waals surface area contributed by atoms with Crippen molar-refractivity contribution >= 4 is 0 Å². The first-order chi connectivity index (χ1) is 14.4. The summed E-state index contributed by atoms with van der Waals surface area (Å²) in [5, 5.41) is 0. The Bertz CT molecular complexity index is 1040. The Morgan fingerprint density at radius 3 is 0.655 bits per heavy atom. The van der Waals surface area contributed by atoms with E-state index in [9.17, 15) is 0 Å². The highest BCUT2D eigenvalue weighted by molar-refractivity contribution is 5.73. The summed E-state index contributed by atoms with van der Waals surface area (Å²) >= 11 is 0. The Morgan fingerprint density at radius 1 is 0.310 bits per heavy atom. The molecule has 29 heavy (non-hydrogen) atoms. The van der Waals surface area contributed by atoms with Gasteiger partial charge in [0.1, 0.15) is 0 Å². The molecule has 0 atom stereocenters. The van der Waals surface area contributed by atoms with Crippen molar-refractivity contribution in [2.75, 3.05) is 0 Å². The molecule has 0 N–H and O–H groups in total. The molecule has 0 fully saturated rings. The van der Waals surface area contributed by atoms with E-state index in [1.165, 1.54) is 0 Å². The van der Waals surface area contributed by atoms with Crippen LogP contribution in [0.2, 0.25) is 0 Å². The van der Waals surface area contributed by atoms with Crippen molar-refractivity contribution < 1.29 is 0 Å². The normalized spacial score (nSPS) is 30.9. The zero-order valence-corrected chi connectivity index (χ0v) is 16.0. The predicted molar refractivity (Wildman–Crippen MR) is 116 cm³/mol. The van der Waals surface area contributed by atoms with Crippen LogP contribution in [0.25, 0.3) is 0 Å². The first kappa shape index (κ1) is 14.8. The summed E-state index contributed by atoms with van der Waals surface area (Å²) in [7, 11) is 0. The number of rotatable bonds is 0. The summed E-state index contributed by atoms with van der Waals surface area (Å²) in [5.74, 6) is 1.92. The Balaban J connectivity index is 1.60. The smallest absolute Gasteiger partial charge is 0.0179 e. The standard InChI is InChI=1S/C29H20/c1-2-10-18-17(9-1)25-19-11-3-4-12-20(19)27-23-15-7-8-16-24(23)28-22-14-6-5-13-21(22)26(18)29(25,27)28/h1-16,25-28H. The van der Waals surface area contributed by atoms with Gasteiger partial charge in [0.2, 0.25) is 0 Å². The van der Waals surface area contributed by atoms with Crippen LogP contribution in [0.3, 0.4) is 0 Å². The zero-order chi connectivity index (χ0) is 18.7. The van der Waals surface area contributed by atoms with Crippen molar-refractivity contribution in [1.29, 1.82) is 0 Å². The molecular formula is C29H20. The van der Waals surface area contributed by atoms with Crippen LogP contribution in [0, 0.1) is 5.41 Å². The van der Waals surface area contributed by atoms with Gasteiger partial charge in [0.15, 0.2) is 0 Å². The molecule has 0 heterocycles. The molecule has 4 aromatic rings. The van der Waals surface area contributed by atoms with E-state index in [-0.39, 0.29) is 5.41 Å². The molecule has 0 aliphatic heterocycles. The van der Waals surface area contributed by atoms with Crippen LogP contribution < -0.4 is 0 Å². The average molecular weight is 368 g/mol. The molecule has 8 rings (SSSR count). The number of hydrogen-bond donors (Lipinski definition) is 0. The van der Waals surface area contributed by atoms with Crippen molar-refractivity contribution in [2.24, 2.45) is 5.41 Å². The highest BCUT2D eigenvalue weighted by atomic mass is 14.7. The van der Waals surface area contributed by atoms with Gasteiger partial charge in [-0.1, -0.05) is 97.1 Å². The average Bonchev–Trinajstić information content (AvgIpc) is 3.41. The van der Waals surface area contributed by atoms with Crippen molar-refractivity contribution in [3.8, 4) is 0 Å². The molecule has 0 nitrogen and oxygen atoms in total. The van der Waals surface area contributed by atoms with Crippen molar-refractivity contribution in [1.82, 2.24) is 0 Å². The van der Waals surface area contributed by atoms with E-state index in [0.29, 0.717) is 23.7 Å². The van der Waals surface area contributed by atoms with E-state index < -0.39 is 0 Å². The highest BCUT2D eigenvalue weighted by Gasteiger charge is 2.72. The summed E-state index contributed by atoms with van der Waals surface area (Å²) in [6.45, 7) is 0. The number of benzene rings is 4. The Kier molecular flexibility index (Phi) is 2.41. The van der Waals surface area contributed by atoms with Gasteiger partial charge in [0.25, 0.3) is 0 Å². The molecule has 0 aromatic heterocycles. The number of fused-ring (bicyclic) bond motifs is 12. The van der Waals surface area contributed by atoms with Crippen LogP contribution in [-0.4, -0.2) is 0 Å². The molecule has 4 aromatic carbocycles. The molecule has 0 saturated carbocycles. The molecule has 136 valence electrons. The van der Waals surface area contributed by atoms with Gasteiger partial charge >= 0.3 is 0 Å². The van der Waals surface area contributed by atoms with Gasteiger partial charge in [0.05, 0.1) is 0 Å². The van der Waals surface area contributed by atoms with E-state index in [0.717, 1.165) is 0 Å². The second-order valence-corrected chi connectivity index (χ2v) is 9.25. The Labute approximate surface area is 170 Å². The zero-order valence-electron chi connectivity index (χ0n) is 16.0. The van der Waals surface area contributed by atoms with Crippen molar-refractivity contribution in [2.45, 2.75) is 23.7 Å². The topological polar surface area (TPSA) is 0 Å². The highest BCUT2D eigenvalue weighted by Crippen LogP contribution is 2.83. The first-order valence-corrected chi connectivity index (χ1v) is 10.8. The number of hydrogen-bond acceptors (Lipinski definition) is 0. The van der Waals surface area contributed by atoms with E-state index in [1.807, 2.05) is 0 Å². The maximum absolute atomic E-state index is 2.41. The lowest BCUT2D eigenvalue weighted by atomic mass is 9.64. The van der Waals surface area contributed by atoms with Gasteiger partial charge in [-0.3, -0.25) is 0 Å². The van der Waals surface area contributed by atoms with Crippen LogP contribution in [0.5, 0.6) is 0 Å². The minimum Gasteiger partial charge on any atom is -0.0620 e. The lowest BCUT2D eigenvalue weighted by molar-refractivity contribution is 0.241. The Morgan fingerprint density at radius 2 is 0.483 bits per heavy atom. The predicted octanol–water partition coefficient (Wildman–Crippen LogP) is 6.55. The lowest BCUT2D eigenvalue weighted by Crippen LogP contribution is -2.30. The van der Waals surface area contributed by atoms with Crippen LogP contribution in [0.4, 0.5) is 0 Å². The third-order valence-corrected chi connectivity index (χ3v) is 8.47. The molecule has 1 spiro atoms. The molecule has 0 heteroatoms. The summed E-state index contributed by atoms with van der Waals surface area (Å²) in [5.41, 5.74) is 12.7. The fraction of sp³-hybridized carbons (Fsp3) is 0.172. The summed E-state index contributed by atoms with van der Waals surface area (Å²) in [6.07, 6.45) is 0. The van der Waals surface area contributed by atoms with E-state index in [2.05, 4.69) is 97.1 Å². The minimum absolute atomic E-state index is 0.181. The van der Waals surface area contributed by atoms with Gasteiger partial charge in [0, 0.05) is 29.1 Å². The van der Waals surface area contributed by atoms with Gasteiger partial charge < -0.3 is 0 Å². The fourth-order valence-electron chi connectivity index (χ4n) is 7.97. The third-order valence-electron chi connectivity index (χ3n) is 8.47. The van der Waals surface area contributed by atoms with Gasteiger partial charge in [-0.25, -0.2) is 0 Å². The van der Waals surface area contributed by atoms with Crippen molar-refractivity contribution in [3.05, 3.63) is 142 Å². The molecule has 0 bridgehead atoms. The lowest BCUT2D eigenvalue weighted by Gasteiger charge is -2.37. The van der Waals surface area contributed by atoms with Gasteiger partial charge in [-0.05, 0) is 44.5 Å². The van der Waals surface area contributed by atoms with E-state index in [1.54, 1.807) is 44.5 Å². The minimum atomic E-state index is 0.181. The van der Waals surface area contributed by atoms with Crippen LogP contribution in [-0.2, 0) is 0 Å². The van der Waals surface area contributed by atoms with Crippen LogP contribution in [0.1, 0.15) is 68.2 Å². The second kappa shape index (κ2) is 4.71. The quantitative estimate of drug-likeness (QED) is 0.330. The van der Waals surface area contributed by atoms with E-state index >= 15 is 0 Å². The summed E-state index contributed by atoms with van der Waals surface area (Å²) in [4.78, 5) is 0. The van der Waals surface area contributed by atoms with Gasteiger partial charge in [-0.2, -0.15) is 0 Å². The summed E-state index contributed by atoms with van der Waals surface area (Å²) < 4.78 is 0. The molecule has 0 saturated heterocycles. The van der Waals surface area contributed by atoms with E-state index in [4.69, 9.17) is 0 Å². The molecule has 4 aliphatic carbocycles.